The van der Waals surface area contributed by atoms with E-state index in [1.54, 1.807) is 6.92 Å². The van der Waals surface area contributed by atoms with Gasteiger partial charge >= 0.3 is 0 Å². The van der Waals surface area contributed by atoms with Gasteiger partial charge in [-0.3, -0.25) is 0 Å². The predicted molar refractivity (Wildman–Crippen MR) is 46.4 cm³/mol. The lowest BCUT2D eigenvalue weighted by Crippen LogP contribution is -2.10. The van der Waals surface area contributed by atoms with Gasteiger partial charge < -0.3 is 10.2 Å². The normalized spacial score (nSPS) is 16.4. The number of unbranched alkanes of at least 4 members (excludes halogenated alkanes) is 1. The second-order valence-corrected chi connectivity index (χ2v) is 3.22. The molecular weight excluding hydrogens is 140 g/mol. The molecule has 0 heterocycles. The molecule has 0 bridgehead atoms. The van der Waals surface area contributed by atoms with Crippen LogP contribution in [0.1, 0.15) is 46.0 Å². The van der Waals surface area contributed by atoms with Gasteiger partial charge in [-0.2, -0.15) is 0 Å². The summed E-state index contributed by atoms with van der Waals surface area (Å²) in [6.45, 7) is 3.87. The molecule has 0 aromatic heterocycles. The third kappa shape index (κ3) is 7.82. The molecule has 0 spiro atoms. The van der Waals surface area contributed by atoms with E-state index in [0.717, 1.165) is 25.7 Å². The highest BCUT2D eigenvalue weighted by Gasteiger charge is 2.04. The Kier molecular flexibility index (Phi) is 6.57. The summed E-state index contributed by atoms with van der Waals surface area (Å²) >= 11 is 0. The van der Waals surface area contributed by atoms with Crippen molar-refractivity contribution in [3.05, 3.63) is 0 Å². The van der Waals surface area contributed by atoms with Gasteiger partial charge in [-0.25, -0.2) is 0 Å². The van der Waals surface area contributed by atoms with Crippen molar-refractivity contribution in [3.63, 3.8) is 0 Å². The first kappa shape index (κ1) is 10.9. The molecule has 0 rings (SSSR count). The molecule has 0 unspecified atom stereocenters. The van der Waals surface area contributed by atoms with E-state index in [2.05, 4.69) is 6.92 Å². The van der Waals surface area contributed by atoms with Crippen molar-refractivity contribution in [3.8, 4) is 0 Å². The predicted octanol–water partition coefficient (Wildman–Crippen LogP) is 1.70. The molecule has 0 fully saturated rings. The standard InChI is InChI=1S/C9H20O2/c1-3-4-5-9(11)7-6-8(2)10/h8-11H,3-7H2,1-2H3/t8-,9+/m0/s1. The summed E-state index contributed by atoms with van der Waals surface area (Å²) in [5.74, 6) is 0. The molecule has 0 aliphatic heterocycles. The largest absolute Gasteiger partial charge is 0.393 e. The molecule has 2 heteroatoms. The maximum absolute atomic E-state index is 9.32. The number of rotatable bonds is 6. The van der Waals surface area contributed by atoms with Gasteiger partial charge in [0, 0.05) is 0 Å². The molecular formula is C9H20O2. The maximum atomic E-state index is 9.32. The minimum Gasteiger partial charge on any atom is -0.393 e. The van der Waals surface area contributed by atoms with Gasteiger partial charge in [-0.15, -0.1) is 0 Å². The van der Waals surface area contributed by atoms with Gasteiger partial charge in [0.2, 0.25) is 0 Å². The van der Waals surface area contributed by atoms with Crippen LogP contribution in [0.15, 0.2) is 0 Å². The van der Waals surface area contributed by atoms with E-state index in [-0.39, 0.29) is 12.2 Å². The van der Waals surface area contributed by atoms with E-state index in [9.17, 15) is 5.11 Å². The van der Waals surface area contributed by atoms with E-state index < -0.39 is 0 Å². The average molecular weight is 160 g/mol. The van der Waals surface area contributed by atoms with Crippen molar-refractivity contribution >= 4 is 0 Å². The fourth-order valence-electron chi connectivity index (χ4n) is 1.02. The van der Waals surface area contributed by atoms with Crippen molar-refractivity contribution in [2.45, 2.75) is 58.2 Å². The summed E-state index contributed by atoms with van der Waals surface area (Å²) in [6.07, 6.45) is 4.06. The Morgan fingerprint density at radius 1 is 1.09 bits per heavy atom. The number of aliphatic hydroxyl groups excluding tert-OH is 2. The highest BCUT2D eigenvalue weighted by Crippen LogP contribution is 2.07. The molecule has 0 saturated carbocycles. The summed E-state index contributed by atoms with van der Waals surface area (Å²) in [5, 5.41) is 18.2. The number of aliphatic hydroxyl groups is 2. The van der Waals surface area contributed by atoms with Gasteiger partial charge in [0.25, 0.3) is 0 Å². The Morgan fingerprint density at radius 3 is 2.18 bits per heavy atom. The van der Waals surface area contributed by atoms with Gasteiger partial charge in [0.05, 0.1) is 12.2 Å². The first-order valence-electron chi connectivity index (χ1n) is 4.53. The third-order valence-electron chi connectivity index (χ3n) is 1.81. The van der Waals surface area contributed by atoms with Crippen LogP contribution >= 0.6 is 0 Å². The molecule has 0 radical (unpaired) electrons. The topological polar surface area (TPSA) is 40.5 Å². The number of hydrogen-bond donors (Lipinski definition) is 2. The Hall–Kier alpha value is -0.0800. The van der Waals surface area contributed by atoms with Crippen molar-refractivity contribution in [1.82, 2.24) is 0 Å². The molecule has 0 aliphatic carbocycles. The van der Waals surface area contributed by atoms with Crippen LogP contribution in [-0.4, -0.2) is 22.4 Å². The van der Waals surface area contributed by atoms with E-state index in [4.69, 9.17) is 5.11 Å². The first-order valence-corrected chi connectivity index (χ1v) is 4.53. The van der Waals surface area contributed by atoms with Gasteiger partial charge in [0.15, 0.2) is 0 Å². The van der Waals surface area contributed by atoms with Crippen LogP contribution in [0.4, 0.5) is 0 Å². The third-order valence-corrected chi connectivity index (χ3v) is 1.81. The molecule has 11 heavy (non-hydrogen) atoms. The fourth-order valence-corrected chi connectivity index (χ4v) is 1.02. The van der Waals surface area contributed by atoms with Crippen LogP contribution < -0.4 is 0 Å². The zero-order valence-electron chi connectivity index (χ0n) is 7.58. The lowest BCUT2D eigenvalue weighted by atomic mass is 10.1. The van der Waals surface area contributed by atoms with Crippen molar-refractivity contribution in [1.29, 1.82) is 0 Å². The molecule has 0 aromatic carbocycles. The molecule has 0 aliphatic rings. The SMILES string of the molecule is CCCC[C@@H](O)CC[C@H](C)O. The Balaban J connectivity index is 3.15. The Morgan fingerprint density at radius 2 is 1.73 bits per heavy atom. The first-order chi connectivity index (χ1) is 5.16. The van der Waals surface area contributed by atoms with Crippen LogP contribution in [0.2, 0.25) is 0 Å². The minimum absolute atomic E-state index is 0.204. The summed E-state index contributed by atoms with van der Waals surface area (Å²) in [4.78, 5) is 0. The monoisotopic (exact) mass is 160 g/mol. The van der Waals surface area contributed by atoms with Crippen LogP contribution in [0.3, 0.4) is 0 Å². The highest BCUT2D eigenvalue weighted by molar-refractivity contribution is 4.57. The van der Waals surface area contributed by atoms with E-state index in [1.807, 2.05) is 0 Å². The summed E-state index contributed by atoms with van der Waals surface area (Å²) in [5.41, 5.74) is 0. The molecule has 2 nitrogen and oxygen atoms in total. The van der Waals surface area contributed by atoms with Crippen molar-refractivity contribution < 1.29 is 10.2 Å². The van der Waals surface area contributed by atoms with E-state index >= 15 is 0 Å². The van der Waals surface area contributed by atoms with E-state index in [1.165, 1.54) is 0 Å². The lowest BCUT2D eigenvalue weighted by molar-refractivity contribution is 0.115. The molecule has 0 amide bonds. The maximum Gasteiger partial charge on any atom is 0.0541 e. The van der Waals surface area contributed by atoms with Crippen LogP contribution in [-0.2, 0) is 0 Å². The second kappa shape index (κ2) is 6.62. The molecule has 2 atom stereocenters. The molecule has 68 valence electrons. The van der Waals surface area contributed by atoms with Crippen LogP contribution in [0.25, 0.3) is 0 Å². The summed E-state index contributed by atoms with van der Waals surface area (Å²) < 4.78 is 0. The molecule has 2 N–H and O–H groups in total. The van der Waals surface area contributed by atoms with Gasteiger partial charge in [-0.1, -0.05) is 19.8 Å². The average Bonchev–Trinajstić information content (AvgIpc) is 1.97. The fraction of sp³-hybridized carbons (Fsp3) is 1.00. The van der Waals surface area contributed by atoms with Crippen molar-refractivity contribution in [2.75, 3.05) is 0 Å². The second-order valence-electron chi connectivity index (χ2n) is 3.22. The van der Waals surface area contributed by atoms with Gasteiger partial charge in [0.1, 0.15) is 0 Å². The quantitative estimate of drug-likeness (QED) is 0.621. The zero-order valence-corrected chi connectivity index (χ0v) is 7.58. The number of hydrogen-bond acceptors (Lipinski definition) is 2. The van der Waals surface area contributed by atoms with Crippen LogP contribution in [0, 0.1) is 0 Å². The highest BCUT2D eigenvalue weighted by atomic mass is 16.3. The minimum atomic E-state index is -0.272. The van der Waals surface area contributed by atoms with Crippen molar-refractivity contribution in [2.24, 2.45) is 0 Å². The Bertz CT molecular complexity index is 81.6. The summed E-state index contributed by atoms with van der Waals surface area (Å²) in [7, 11) is 0. The lowest BCUT2D eigenvalue weighted by Gasteiger charge is -2.10. The van der Waals surface area contributed by atoms with Crippen LogP contribution in [0.5, 0.6) is 0 Å². The van der Waals surface area contributed by atoms with Gasteiger partial charge in [-0.05, 0) is 26.2 Å². The van der Waals surface area contributed by atoms with E-state index in [0.29, 0.717) is 6.42 Å². The Labute approximate surface area is 69.2 Å². The molecule has 0 saturated heterocycles. The smallest absolute Gasteiger partial charge is 0.0541 e. The summed E-state index contributed by atoms with van der Waals surface area (Å²) in [6, 6.07) is 0. The zero-order chi connectivity index (χ0) is 8.69. The molecule has 0 aromatic rings.